The molecule has 4 nitrogen and oxygen atoms in total. The van der Waals surface area contributed by atoms with Crippen LogP contribution in [0.15, 0.2) is 29.2 Å². The van der Waals surface area contributed by atoms with E-state index in [1.807, 2.05) is 12.1 Å². The number of carbonyl (C=O) groups is 1. The number of hydrogen-bond donors (Lipinski definition) is 2. The average Bonchev–Trinajstić information content (AvgIpc) is 2.37. The van der Waals surface area contributed by atoms with Crippen LogP contribution >= 0.6 is 11.8 Å². The molecule has 1 aliphatic rings. The molecule has 17 heavy (non-hydrogen) atoms. The Hall–Kier alpha value is -1.20. The second kappa shape index (κ2) is 5.42. The van der Waals surface area contributed by atoms with E-state index in [1.54, 1.807) is 17.2 Å². The summed E-state index contributed by atoms with van der Waals surface area (Å²) >= 11 is 1.71. The predicted octanol–water partition coefficient (Wildman–Crippen LogP) is 1.88. The summed E-state index contributed by atoms with van der Waals surface area (Å²) in [5.74, 6) is -0.321. The number of benzene rings is 1. The van der Waals surface area contributed by atoms with E-state index in [4.69, 9.17) is 5.21 Å². The van der Waals surface area contributed by atoms with Gasteiger partial charge in [0.25, 0.3) is 0 Å². The SMILES string of the molecule is CCN1CC(CC(=O)NO)Sc2ccccc21. The summed E-state index contributed by atoms with van der Waals surface area (Å²) in [5.41, 5.74) is 2.94. The number of fused-ring (bicyclic) bond motifs is 1. The van der Waals surface area contributed by atoms with Gasteiger partial charge < -0.3 is 4.90 Å². The number of amides is 1. The lowest BCUT2D eigenvalue weighted by atomic mass is 10.2. The molecule has 0 saturated carbocycles. The molecule has 5 heteroatoms. The van der Waals surface area contributed by atoms with E-state index < -0.39 is 0 Å². The van der Waals surface area contributed by atoms with Gasteiger partial charge in [-0.15, -0.1) is 11.8 Å². The van der Waals surface area contributed by atoms with E-state index in [2.05, 4.69) is 24.0 Å². The molecule has 92 valence electrons. The number of anilines is 1. The molecule has 0 fully saturated rings. The van der Waals surface area contributed by atoms with Crippen LogP contribution in [0.25, 0.3) is 0 Å². The molecule has 1 aromatic rings. The Morgan fingerprint density at radius 2 is 2.35 bits per heavy atom. The van der Waals surface area contributed by atoms with Gasteiger partial charge in [-0.05, 0) is 19.1 Å². The second-order valence-electron chi connectivity index (χ2n) is 3.99. The lowest BCUT2D eigenvalue weighted by molar-refractivity contribution is -0.129. The van der Waals surface area contributed by atoms with Crippen LogP contribution in [0.4, 0.5) is 5.69 Å². The Morgan fingerprint density at radius 3 is 3.06 bits per heavy atom. The van der Waals surface area contributed by atoms with Crippen LogP contribution in [0, 0.1) is 0 Å². The van der Waals surface area contributed by atoms with Gasteiger partial charge in [0.2, 0.25) is 5.91 Å². The van der Waals surface area contributed by atoms with E-state index in [-0.39, 0.29) is 11.2 Å². The third-order valence-corrected chi connectivity index (χ3v) is 4.09. The largest absolute Gasteiger partial charge is 0.370 e. The standard InChI is InChI=1S/C12H16N2O2S/c1-2-14-8-9(7-12(15)13-16)17-11-6-4-3-5-10(11)14/h3-6,9,16H,2,7-8H2,1H3,(H,13,15). The first kappa shape index (κ1) is 12.3. The number of thioether (sulfide) groups is 1. The fraction of sp³-hybridized carbons (Fsp3) is 0.417. The van der Waals surface area contributed by atoms with Crippen LogP contribution in [-0.4, -0.2) is 29.5 Å². The fourth-order valence-electron chi connectivity index (χ4n) is 2.04. The van der Waals surface area contributed by atoms with Gasteiger partial charge in [0, 0.05) is 29.7 Å². The van der Waals surface area contributed by atoms with Crippen LogP contribution in [0.1, 0.15) is 13.3 Å². The highest BCUT2D eigenvalue weighted by atomic mass is 32.2. The first-order chi connectivity index (χ1) is 8.24. The van der Waals surface area contributed by atoms with Crippen LogP contribution in [-0.2, 0) is 4.79 Å². The van der Waals surface area contributed by atoms with E-state index in [1.165, 1.54) is 10.6 Å². The maximum Gasteiger partial charge on any atom is 0.244 e. The number of hydroxylamine groups is 1. The van der Waals surface area contributed by atoms with E-state index in [0.717, 1.165) is 13.1 Å². The van der Waals surface area contributed by atoms with Crippen molar-refractivity contribution in [1.29, 1.82) is 0 Å². The summed E-state index contributed by atoms with van der Waals surface area (Å²) in [5, 5.41) is 8.75. The van der Waals surface area contributed by atoms with Crippen molar-refractivity contribution in [1.82, 2.24) is 5.48 Å². The van der Waals surface area contributed by atoms with Gasteiger partial charge in [-0.2, -0.15) is 0 Å². The molecule has 0 aliphatic carbocycles. The van der Waals surface area contributed by atoms with Gasteiger partial charge in [0.05, 0.1) is 5.69 Å². The Bertz CT molecular complexity index is 411. The molecule has 1 amide bonds. The van der Waals surface area contributed by atoms with Crippen LogP contribution in [0.5, 0.6) is 0 Å². The molecule has 1 aromatic carbocycles. The van der Waals surface area contributed by atoms with Crippen LogP contribution in [0.3, 0.4) is 0 Å². The van der Waals surface area contributed by atoms with E-state index in [0.29, 0.717) is 6.42 Å². The Morgan fingerprint density at radius 1 is 1.59 bits per heavy atom. The minimum atomic E-state index is -0.321. The molecule has 1 unspecified atom stereocenters. The highest BCUT2D eigenvalue weighted by molar-refractivity contribution is 8.00. The van der Waals surface area contributed by atoms with Crippen molar-refractivity contribution in [2.45, 2.75) is 23.5 Å². The van der Waals surface area contributed by atoms with Crippen LogP contribution in [0.2, 0.25) is 0 Å². The number of nitrogens with one attached hydrogen (secondary N) is 1. The molecule has 1 atom stereocenters. The maximum absolute atomic E-state index is 11.2. The van der Waals surface area contributed by atoms with Gasteiger partial charge in [0.1, 0.15) is 0 Å². The Balaban J connectivity index is 2.15. The van der Waals surface area contributed by atoms with E-state index in [9.17, 15) is 4.79 Å². The minimum Gasteiger partial charge on any atom is -0.370 e. The lowest BCUT2D eigenvalue weighted by Gasteiger charge is -2.34. The smallest absolute Gasteiger partial charge is 0.244 e. The zero-order chi connectivity index (χ0) is 12.3. The summed E-state index contributed by atoms with van der Waals surface area (Å²) in [6.07, 6.45) is 0.339. The quantitative estimate of drug-likeness (QED) is 0.637. The maximum atomic E-state index is 11.2. The third kappa shape index (κ3) is 2.73. The molecular formula is C12H16N2O2S. The highest BCUT2D eigenvalue weighted by Crippen LogP contribution is 2.39. The summed E-state index contributed by atoms with van der Waals surface area (Å²) in [4.78, 5) is 14.7. The first-order valence-electron chi connectivity index (χ1n) is 5.68. The molecule has 1 aliphatic heterocycles. The molecule has 0 saturated heterocycles. The van der Waals surface area contributed by atoms with Crippen molar-refractivity contribution >= 4 is 23.4 Å². The van der Waals surface area contributed by atoms with Crippen molar-refractivity contribution in [2.75, 3.05) is 18.0 Å². The van der Waals surface area contributed by atoms with Gasteiger partial charge in [0.15, 0.2) is 0 Å². The van der Waals surface area contributed by atoms with Crippen molar-refractivity contribution in [3.05, 3.63) is 24.3 Å². The molecule has 2 N–H and O–H groups in total. The summed E-state index contributed by atoms with van der Waals surface area (Å²) in [7, 11) is 0. The lowest BCUT2D eigenvalue weighted by Crippen LogP contribution is -2.37. The predicted molar refractivity (Wildman–Crippen MR) is 68.5 cm³/mol. The van der Waals surface area contributed by atoms with Gasteiger partial charge in [-0.1, -0.05) is 12.1 Å². The normalized spacial score (nSPS) is 18.7. The number of hydrogen-bond acceptors (Lipinski definition) is 4. The number of rotatable bonds is 3. The average molecular weight is 252 g/mol. The topological polar surface area (TPSA) is 52.6 Å². The molecule has 1 heterocycles. The monoisotopic (exact) mass is 252 g/mol. The fourth-order valence-corrected chi connectivity index (χ4v) is 3.36. The molecule has 0 aromatic heterocycles. The molecule has 2 rings (SSSR count). The zero-order valence-electron chi connectivity index (χ0n) is 9.72. The third-order valence-electron chi connectivity index (χ3n) is 2.84. The summed E-state index contributed by atoms with van der Waals surface area (Å²) < 4.78 is 0. The van der Waals surface area contributed by atoms with Gasteiger partial charge in [-0.25, -0.2) is 5.48 Å². The molecular weight excluding hydrogens is 236 g/mol. The second-order valence-corrected chi connectivity index (χ2v) is 5.33. The van der Waals surface area contributed by atoms with Crippen molar-refractivity contribution in [3.8, 4) is 0 Å². The summed E-state index contributed by atoms with van der Waals surface area (Å²) in [6.45, 7) is 3.87. The molecule has 0 bridgehead atoms. The van der Waals surface area contributed by atoms with Crippen molar-refractivity contribution in [3.63, 3.8) is 0 Å². The number of nitrogens with zero attached hydrogens (tertiary/aromatic N) is 1. The Kier molecular flexibility index (Phi) is 3.91. The minimum absolute atomic E-state index is 0.192. The molecule has 0 radical (unpaired) electrons. The Labute approximate surface area is 105 Å². The number of carbonyl (C=O) groups excluding carboxylic acids is 1. The first-order valence-corrected chi connectivity index (χ1v) is 6.56. The van der Waals surface area contributed by atoms with Gasteiger partial charge in [-0.3, -0.25) is 10.0 Å². The number of para-hydroxylation sites is 1. The highest BCUT2D eigenvalue weighted by Gasteiger charge is 2.25. The summed E-state index contributed by atoms with van der Waals surface area (Å²) in [6, 6.07) is 8.22. The van der Waals surface area contributed by atoms with E-state index >= 15 is 0 Å². The zero-order valence-corrected chi connectivity index (χ0v) is 10.5. The van der Waals surface area contributed by atoms with Crippen molar-refractivity contribution in [2.24, 2.45) is 0 Å². The van der Waals surface area contributed by atoms with Crippen LogP contribution < -0.4 is 10.4 Å². The van der Waals surface area contributed by atoms with Gasteiger partial charge >= 0.3 is 0 Å². The molecule has 0 spiro atoms. The van der Waals surface area contributed by atoms with Crippen molar-refractivity contribution < 1.29 is 10.0 Å².